The molecule has 5 amide bonds. The Hall–Kier alpha value is -6.25. The predicted molar refractivity (Wildman–Crippen MR) is 228 cm³/mol. The van der Waals surface area contributed by atoms with E-state index < -0.39 is 40.9 Å². The monoisotopic (exact) mass is 860 g/mol. The number of urea groups is 1. The van der Waals surface area contributed by atoms with Gasteiger partial charge in [0.2, 0.25) is 11.8 Å². The van der Waals surface area contributed by atoms with Gasteiger partial charge in [-0.15, -0.1) is 0 Å². The van der Waals surface area contributed by atoms with Gasteiger partial charge in [-0.05, 0) is 113 Å². The Morgan fingerprint density at radius 1 is 0.889 bits per heavy atom. The van der Waals surface area contributed by atoms with Crippen LogP contribution in [0.1, 0.15) is 116 Å². The maximum Gasteiger partial charge on any atom is 0.320 e. The smallest absolute Gasteiger partial charge is 0.320 e. The molecule has 0 spiro atoms. The number of likely N-dealkylation sites (tertiary alicyclic amines) is 1. The number of hydrogen-bond acceptors (Lipinski definition) is 9. The molecule has 9 rings (SSSR count). The number of rotatable bonds is 7. The number of benzene rings is 2. The lowest BCUT2D eigenvalue weighted by atomic mass is 9.85. The molecular weight excluding hydrogens is 811 g/mol. The number of fused-ring (bicyclic) bond motifs is 2. The molecule has 3 aromatic heterocycles. The van der Waals surface area contributed by atoms with Crippen molar-refractivity contribution in [1.29, 1.82) is 5.26 Å². The quantitative estimate of drug-likeness (QED) is 0.167. The van der Waals surface area contributed by atoms with E-state index in [-0.39, 0.29) is 36.4 Å². The van der Waals surface area contributed by atoms with Crippen LogP contribution >= 0.6 is 0 Å². The average molecular weight is 861 g/mol. The standard InChI is InChI=1S/C46H50F2N10O5/c1-46(2,63)35-23-38-30(22-39(35)51-44(61)40-9-7-33-19-27(24-49)25-50-58(33)40)26-57(53-38)32-5-3-31(4-6-32)54-15-17-56(18-16-54)45(62)55-13-11-28(12-14-55)29-20-36(47)42(37(48)21-29)34-8-10-41(59)52-43(34)60/h7,9,19-23,25-26,28,31-32,34,63H,3-6,8,10-18H2,1-2H3,(H,51,61)(H,52,59,60)/t31?,32?,34-/m1/s1. The zero-order valence-corrected chi connectivity index (χ0v) is 35.3. The lowest BCUT2D eigenvalue weighted by molar-refractivity contribution is -0.134. The molecule has 4 fully saturated rings. The van der Waals surface area contributed by atoms with E-state index in [4.69, 9.17) is 5.10 Å². The van der Waals surface area contributed by atoms with Gasteiger partial charge in [-0.25, -0.2) is 18.1 Å². The van der Waals surface area contributed by atoms with Gasteiger partial charge in [-0.1, -0.05) is 0 Å². The second-order valence-electron chi connectivity index (χ2n) is 17.9. The number of imide groups is 1. The van der Waals surface area contributed by atoms with Crippen LogP contribution in [-0.2, 0) is 15.2 Å². The van der Waals surface area contributed by atoms with E-state index in [1.165, 1.54) is 22.8 Å². The zero-order chi connectivity index (χ0) is 44.2. The molecule has 0 unspecified atom stereocenters. The molecule has 63 heavy (non-hydrogen) atoms. The number of halogens is 2. The number of carbonyl (C=O) groups is 4. The highest BCUT2D eigenvalue weighted by molar-refractivity contribution is 6.05. The zero-order valence-electron chi connectivity index (χ0n) is 35.3. The van der Waals surface area contributed by atoms with Gasteiger partial charge in [0.05, 0.1) is 40.4 Å². The van der Waals surface area contributed by atoms with Crippen molar-refractivity contribution in [3.63, 3.8) is 0 Å². The van der Waals surface area contributed by atoms with Crippen molar-refractivity contribution in [3.05, 3.63) is 94.4 Å². The highest BCUT2D eigenvalue weighted by atomic mass is 19.1. The third kappa shape index (κ3) is 8.37. The number of carbonyl (C=O) groups excluding carboxylic acids is 4. The van der Waals surface area contributed by atoms with Crippen molar-refractivity contribution in [3.8, 4) is 6.07 Å². The van der Waals surface area contributed by atoms with Crippen LogP contribution in [0.5, 0.6) is 0 Å². The number of nitriles is 1. The summed E-state index contributed by atoms with van der Waals surface area (Å²) in [6.07, 6.45) is 8.52. The number of aliphatic hydroxyl groups is 1. The number of amides is 5. The maximum absolute atomic E-state index is 15.2. The number of nitrogens with one attached hydrogen (secondary N) is 2. The van der Waals surface area contributed by atoms with E-state index in [2.05, 4.69) is 26.7 Å². The lowest BCUT2D eigenvalue weighted by Gasteiger charge is -2.43. The van der Waals surface area contributed by atoms with E-state index in [0.717, 1.165) is 49.7 Å². The molecular formula is C46H50F2N10O5. The molecule has 6 heterocycles. The van der Waals surface area contributed by atoms with Gasteiger partial charge in [-0.2, -0.15) is 15.5 Å². The summed E-state index contributed by atoms with van der Waals surface area (Å²) in [6, 6.07) is 14.0. The summed E-state index contributed by atoms with van der Waals surface area (Å²) in [5.74, 6) is -4.24. The van der Waals surface area contributed by atoms with Crippen LogP contribution in [0.15, 0.2) is 54.9 Å². The van der Waals surface area contributed by atoms with Gasteiger partial charge in [0.25, 0.3) is 5.91 Å². The van der Waals surface area contributed by atoms with E-state index in [1.54, 1.807) is 32.0 Å². The number of nitrogens with zero attached hydrogens (tertiary/aromatic N) is 8. The first-order valence-electron chi connectivity index (χ1n) is 21.8. The molecule has 5 aromatic rings. The molecule has 2 aromatic carbocycles. The molecule has 1 aliphatic carbocycles. The van der Waals surface area contributed by atoms with Crippen LogP contribution in [0.25, 0.3) is 16.4 Å². The molecule has 328 valence electrons. The van der Waals surface area contributed by atoms with Crippen molar-refractivity contribution in [2.24, 2.45) is 0 Å². The molecule has 1 saturated carbocycles. The Bertz CT molecular complexity index is 2640. The van der Waals surface area contributed by atoms with E-state index in [0.29, 0.717) is 78.7 Å². The number of anilines is 1. The largest absolute Gasteiger partial charge is 0.386 e. The molecule has 3 N–H and O–H groups in total. The van der Waals surface area contributed by atoms with Crippen molar-refractivity contribution in [1.82, 2.24) is 39.4 Å². The minimum Gasteiger partial charge on any atom is -0.386 e. The molecule has 1 atom stereocenters. The molecule has 0 radical (unpaired) electrons. The third-order valence-electron chi connectivity index (χ3n) is 13.5. The molecule has 17 heteroatoms. The van der Waals surface area contributed by atoms with Crippen molar-refractivity contribution >= 4 is 45.9 Å². The van der Waals surface area contributed by atoms with Crippen molar-refractivity contribution in [2.45, 2.75) is 94.7 Å². The van der Waals surface area contributed by atoms with E-state index in [1.807, 2.05) is 32.8 Å². The van der Waals surface area contributed by atoms with Crippen LogP contribution in [0.4, 0.5) is 19.3 Å². The van der Waals surface area contributed by atoms with E-state index in [9.17, 15) is 29.5 Å². The summed E-state index contributed by atoms with van der Waals surface area (Å²) in [5, 5.41) is 35.6. The molecule has 15 nitrogen and oxygen atoms in total. The second-order valence-corrected chi connectivity index (χ2v) is 17.9. The number of piperazine rings is 1. The minimum absolute atomic E-state index is 0.00550. The van der Waals surface area contributed by atoms with Gasteiger partial charge >= 0.3 is 6.03 Å². The van der Waals surface area contributed by atoms with Crippen molar-refractivity contribution < 1.29 is 33.1 Å². The number of piperidine rings is 2. The number of hydrogen-bond donors (Lipinski definition) is 3. The van der Waals surface area contributed by atoms with Crippen LogP contribution in [0, 0.1) is 23.0 Å². The Morgan fingerprint density at radius 2 is 1.57 bits per heavy atom. The Morgan fingerprint density at radius 3 is 2.24 bits per heavy atom. The van der Waals surface area contributed by atoms with Crippen LogP contribution < -0.4 is 10.6 Å². The van der Waals surface area contributed by atoms with Crippen LogP contribution in [0.3, 0.4) is 0 Å². The van der Waals surface area contributed by atoms with Gasteiger partial charge in [0.1, 0.15) is 23.4 Å². The summed E-state index contributed by atoms with van der Waals surface area (Å²) in [4.78, 5) is 57.2. The molecule has 3 aliphatic heterocycles. The van der Waals surface area contributed by atoms with Crippen LogP contribution in [0.2, 0.25) is 0 Å². The first-order valence-corrected chi connectivity index (χ1v) is 21.8. The van der Waals surface area contributed by atoms with Gasteiger partial charge in [-0.3, -0.25) is 29.3 Å². The van der Waals surface area contributed by atoms with Crippen molar-refractivity contribution in [2.75, 3.05) is 44.6 Å². The maximum atomic E-state index is 15.2. The highest BCUT2D eigenvalue weighted by Crippen LogP contribution is 2.37. The molecule has 0 bridgehead atoms. The second kappa shape index (κ2) is 16.8. The lowest BCUT2D eigenvalue weighted by Crippen LogP contribution is -2.56. The molecule has 4 aliphatic rings. The molecule has 3 saturated heterocycles. The average Bonchev–Trinajstić information content (AvgIpc) is 3.90. The fourth-order valence-electron chi connectivity index (χ4n) is 10.0. The Kier molecular flexibility index (Phi) is 11.2. The Labute approximate surface area is 362 Å². The van der Waals surface area contributed by atoms with Gasteiger partial charge < -0.3 is 20.2 Å². The minimum atomic E-state index is -1.27. The Balaban J connectivity index is 0.770. The topological polar surface area (TPSA) is 181 Å². The summed E-state index contributed by atoms with van der Waals surface area (Å²) >= 11 is 0. The highest BCUT2D eigenvalue weighted by Gasteiger charge is 2.36. The first-order chi connectivity index (χ1) is 30.2. The van der Waals surface area contributed by atoms with Gasteiger partial charge in [0, 0.05) is 80.1 Å². The summed E-state index contributed by atoms with van der Waals surface area (Å²) < 4.78 is 34.0. The van der Waals surface area contributed by atoms with E-state index >= 15 is 8.78 Å². The fraction of sp³-hybridized carbons (Fsp3) is 0.457. The summed E-state index contributed by atoms with van der Waals surface area (Å²) in [6.45, 7) is 7.13. The fourth-order valence-corrected chi connectivity index (χ4v) is 10.0. The predicted octanol–water partition coefficient (Wildman–Crippen LogP) is 5.93. The first kappa shape index (κ1) is 42.1. The summed E-state index contributed by atoms with van der Waals surface area (Å²) in [5.41, 5.74) is 1.98. The number of aromatic nitrogens is 4. The normalized spacial score (nSPS) is 21.7. The van der Waals surface area contributed by atoms with Gasteiger partial charge in [0.15, 0.2) is 0 Å². The SMILES string of the molecule is CC(C)(O)c1cc2nn(C3CCC(N4CCN(C(=O)N5CCC(c6cc(F)c([C@H]7CCC(=O)NC7=O)c(F)c6)CC5)CC4)CC3)cc2cc1NC(=O)c1ccc2cc(C#N)cnn12. The van der Waals surface area contributed by atoms with Crippen LogP contribution in [-0.4, -0.2) is 108 Å². The summed E-state index contributed by atoms with van der Waals surface area (Å²) in [7, 11) is 0. The third-order valence-corrected chi connectivity index (χ3v) is 13.5.